The van der Waals surface area contributed by atoms with Gasteiger partial charge >= 0.3 is 10.8 Å². The first-order valence-corrected chi connectivity index (χ1v) is 10.5. The second-order valence-corrected chi connectivity index (χ2v) is 8.50. The zero-order valence-electron chi connectivity index (χ0n) is 14.8. The number of nitrogens with zero attached hydrogens (tertiary/aromatic N) is 1. The minimum Gasteiger partial charge on any atom is -0.465 e. The maximum atomic E-state index is 12.7. The molecule has 0 fully saturated rings. The van der Waals surface area contributed by atoms with Gasteiger partial charge < -0.3 is 4.74 Å². The van der Waals surface area contributed by atoms with Crippen LogP contribution in [-0.4, -0.2) is 26.1 Å². The van der Waals surface area contributed by atoms with Crippen molar-refractivity contribution in [1.29, 1.82) is 0 Å². The number of carbonyl (C=O) groups excluding carboxylic acids is 1. The summed E-state index contributed by atoms with van der Waals surface area (Å²) in [6.07, 6.45) is 0.809. The number of esters is 1. The van der Waals surface area contributed by atoms with Crippen molar-refractivity contribution in [2.45, 2.75) is 24.8 Å². The van der Waals surface area contributed by atoms with E-state index in [1.165, 1.54) is 31.4 Å². The molecule has 7 nitrogen and oxygen atoms in total. The number of aryl methyl sites for hydroxylation is 1. The number of aromatic nitrogens is 1. The summed E-state index contributed by atoms with van der Waals surface area (Å²) in [7, 11) is -2.62. The van der Waals surface area contributed by atoms with E-state index in [2.05, 4.69) is 9.46 Å². The number of hydrogen-bond donors (Lipinski definition) is 1. The first kappa shape index (κ1) is 19.1. The minimum absolute atomic E-state index is 0.0448. The molecular weight excluding hydrogens is 388 g/mol. The molecule has 1 aromatic heterocycles. The van der Waals surface area contributed by atoms with E-state index in [-0.39, 0.29) is 21.0 Å². The summed E-state index contributed by atoms with van der Waals surface area (Å²) in [6, 6.07) is 10.6. The topological polar surface area (TPSA) is 94.5 Å². The molecule has 0 aliphatic heterocycles. The van der Waals surface area contributed by atoms with Crippen LogP contribution in [0.5, 0.6) is 0 Å². The molecule has 0 spiro atoms. The largest absolute Gasteiger partial charge is 0.465 e. The molecule has 3 rings (SSSR count). The second kappa shape index (κ2) is 7.53. The zero-order valence-corrected chi connectivity index (χ0v) is 16.4. The van der Waals surface area contributed by atoms with E-state index >= 15 is 0 Å². The number of rotatable bonds is 6. The Balaban J connectivity index is 1.95. The molecule has 27 heavy (non-hydrogen) atoms. The Morgan fingerprint density at radius 2 is 2.00 bits per heavy atom. The van der Waals surface area contributed by atoms with Crippen molar-refractivity contribution < 1.29 is 17.9 Å². The normalized spacial score (nSPS) is 11.5. The number of hydrogen-bond acceptors (Lipinski definition) is 6. The van der Waals surface area contributed by atoms with Gasteiger partial charge in [0, 0.05) is 12.2 Å². The lowest BCUT2D eigenvalue weighted by atomic mass is 10.2. The minimum atomic E-state index is -3.88. The third kappa shape index (κ3) is 3.88. The molecule has 3 aromatic rings. The van der Waals surface area contributed by atoms with E-state index in [1.54, 1.807) is 22.8 Å². The van der Waals surface area contributed by atoms with Crippen LogP contribution in [0.25, 0.3) is 10.2 Å². The Morgan fingerprint density at radius 1 is 1.22 bits per heavy atom. The molecule has 1 N–H and O–H groups in total. The Bertz CT molecular complexity index is 1160. The summed E-state index contributed by atoms with van der Waals surface area (Å²) in [4.78, 5) is 23.6. The summed E-state index contributed by atoms with van der Waals surface area (Å²) in [5.41, 5.74) is 1.20. The Morgan fingerprint density at radius 3 is 2.70 bits per heavy atom. The van der Waals surface area contributed by atoms with E-state index < -0.39 is 16.0 Å². The lowest BCUT2D eigenvalue weighted by Crippen LogP contribution is -2.14. The van der Waals surface area contributed by atoms with Gasteiger partial charge in [0.05, 0.1) is 27.8 Å². The lowest BCUT2D eigenvalue weighted by Gasteiger charge is -2.09. The van der Waals surface area contributed by atoms with Crippen LogP contribution in [0.1, 0.15) is 23.7 Å². The Kier molecular flexibility index (Phi) is 5.33. The molecule has 0 atom stereocenters. The van der Waals surface area contributed by atoms with Gasteiger partial charge in [-0.05, 0) is 42.8 Å². The smallest absolute Gasteiger partial charge is 0.337 e. The second-order valence-electron chi connectivity index (χ2n) is 5.83. The maximum Gasteiger partial charge on any atom is 0.337 e. The predicted molar refractivity (Wildman–Crippen MR) is 105 cm³/mol. The molecule has 9 heteroatoms. The van der Waals surface area contributed by atoms with Crippen molar-refractivity contribution in [3.63, 3.8) is 0 Å². The van der Waals surface area contributed by atoms with Crippen LogP contribution in [0.2, 0.25) is 0 Å². The fraction of sp³-hybridized carbons (Fsp3) is 0.222. The van der Waals surface area contributed by atoms with Crippen LogP contribution in [0.3, 0.4) is 0 Å². The maximum absolute atomic E-state index is 12.7. The van der Waals surface area contributed by atoms with Crippen LogP contribution in [0, 0.1) is 0 Å². The number of ether oxygens (including phenoxy) is 1. The van der Waals surface area contributed by atoms with Crippen molar-refractivity contribution in [1.82, 2.24) is 4.57 Å². The van der Waals surface area contributed by atoms with Crippen LogP contribution >= 0.6 is 11.3 Å². The summed E-state index contributed by atoms with van der Waals surface area (Å²) in [6.45, 7) is 2.56. The average molecular weight is 406 g/mol. The summed E-state index contributed by atoms with van der Waals surface area (Å²) >= 11 is 1.02. The van der Waals surface area contributed by atoms with Gasteiger partial charge in [-0.2, -0.15) is 0 Å². The van der Waals surface area contributed by atoms with Crippen molar-refractivity contribution in [2.24, 2.45) is 0 Å². The van der Waals surface area contributed by atoms with E-state index in [0.717, 1.165) is 23.3 Å². The van der Waals surface area contributed by atoms with Crippen molar-refractivity contribution in [3.8, 4) is 0 Å². The summed E-state index contributed by atoms with van der Waals surface area (Å²) < 4.78 is 34.8. The van der Waals surface area contributed by atoms with Gasteiger partial charge in [0.2, 0.25) is 0 Å². The summed E-state index contributed by atoms with van der Waals surface area (Å²) in [5, 5.41) is 0. The molecule has 0 aliphatic carbocycles. The average Bonchev–Trinajstić information content (AvgIpc) is 2.96. The van der Waals surface area contributed by atoms with Crippen LogP contribution in [0.15, 0.2) is 52.2 Å². The molecule has 0 saturated carbocycles. The van der Waals surface area contributed by atoms with Gasteiger partial charge in [0.25, 0.3) is 10.0 Å². The standard InChI is InChI=1S/C18H18N2O5S2/c1-3-9-20-15-8-7-14(11-16(15)26-18(20)22)27(23,24)19-13-6-4-5-12(10-13)17(21)25-2/h4-8,10-11,19H,3,9H2,1-2H3. The van der Waals surface area contributed by atoms with Gasteiger partial charge in [0.15, 0.2) is 0 Å². The highest BCUT2D eigenvalue weighted by atomic mass is 32.2. The number of benzene rings is 2. The molecular formula is C18H18N2O5S2. The first-order chi connectivity index (χ1) is 12.9. The Labute approximate surface area is 160 Å². The van der Waals surface area contributed by atoms with E-state index in [9.17, 15) is 18.0 Å². The van der Waals surface area contributed by atoms with Gasteiger partial charge in [-0.1, -0.05) is 24.3 Å². The summed E-state index contributed by atoms with van der Waals surface area (Å²) in [5.74, 6) is -0.556. The lowest BCUT2D eigenvalue weighted by molar-refractivity contribution is 0.0601. The first-order valence-electron chi connectivity index (χ1n) is 8.20. The van der Waals surface area contributed by atoms with Gasteiger partial charge in [-0.3, -0.25) is 14.1 Å². The fourth-order valence-electron chi connectivity index (χ4n) is 2.69. The number of carbonyl (C=O) groups is 1. The van der Waals surface area contributed by atoms with Gasteiger partial charge in [-0.25, -0.2) is 13.2 Å². The number of thiazole rings is 1. The van der Waals surface area contributed by atoms with Crippen molar-refractivity contribution in [3.05, 3.63) is 57.7 Å². The number of anilines is 1. The number of methoxy groups -OCH3 is 1. The molecule has 0 unspecified atom stereocenters. The fourth-order valence-corrected chi connectivity index (χ4v) is 4.80. The van der Waals surface area contributed by atoms with Crippen LogP contribution in [0.4, 0.5) is 5.69 Å². The third-order valence-electron chi connectivity index (χ3n) is 3.93. The highest BCUT2D eigenvalue weighted by Crippen LogP contribution is 2.24. The van der Waals surface area contributed by atoms with Crippen molar-refractivity contribution >= 4 is 43.2 Å². The predicted octanol–water partition coefficient (Wildman–Crippen LogP) is 3.06. The Hall–Kier alpha value is -2.65. The van der Waals surface area contributed by atoms with E-state index in [4.69, 9.17) is 0 Å². The third-order valence-corrected chi connectivity index (χ3v) is 6.25. The van der Waals surface area contributed by atoms with Gasteiger partial charge in [0.1, 0.15) is 0 Å². The SMILES string of the molecule is CCCn1c(=O)sc2cc(S(=O)(=O)Nc3cccc(C(=O)OC)c3)ccc21. The molecule has 0 saturated heterocycles. The highest BCUT2D eigenvalue weighted by molar-refractivity contribution is 7.92. The number of fused-ring (bicyclic) bond motifs is 1. The van der Waals surface area contributed by atoms with Crippen LogP contribution in [-0.2, 0) is 21.3 Å². The quantitative estimate of drug-likeness (QED) is 0.635. The van der Waals surface area contributed by atoms with E-state index in [0.29, 0.717) is 11.2 Å². The number of sulfonamides is 1. The molecule has 2 aromatic carbocycles. The molecule has 142 valence electrons. The van der Waals surface area contributed by atoms with E-state index in [1.807, 2.05) is 6.92 Å². The molecule has 1 heterocycles. The van der Waals surface area contributed by atoms with Crippen LogP contribution < -0.4 is 9.60 Å². The molecule has 0 aliphatic rings. The molecule has 0 radical (unpaired) electrons. The number of nitrogens with one attached hydrogen (secondary N) is 1. The van der Waals surface area contributed by atoms with Crippen molar-refractivity contribution in [2.75, 3.05) is 11.8 Å². The molecule has 0 bridgehead atoms. The zero-order chi connectivity index (χ0) is 19.6. The highest BCUT2D eigenvalue weighted by Gasteiger charge is 2.18. The molecule has 0 amide bonds. The monoisotopic (exact) mass is 406 g/mol. The van der Waals surface area contributed by atoms with Gasteiger partial charge in [-0.15, -0.1) is 0 Å².